The number of carboxylic acids is 1. The average Bonchev–Trinajstić information content (AvgIpc) is 2.86. The maximum absolute atomic E-state index is 10.7. The van der Waals surface area contributed by atoms with Gasteiger partial charge >= 0.3 is 5.97 Å². The zero-order valence-corrected chi connectivity index (χ0v) is 11.2. The van der Waals surface area contributed by atoms with Crippen molar-refractivity contribution in [3.63, 3.8) is 0 Å². The number of nitro groups is 1. The highest BCUT2D eigenvalue weighted by atomic mass is 32.1. The summed E-state index contributed by atoms with van der Waals surface area (Å²) in [5.41, 5.74) is 0.560. The van der Waals surface area contributed by atoms with E-state index < -0.39 is 10.9 Å². The Balaban J connectivity index is 2.06. The lowest BCUT2D eigenvalue weighted by Crippen LogP contribution is -2.04. The predicted molar refractivity (Wildman–Crippen MR) is 72.0 cm³/mol. The topological polar surface area (TPSA) is 118 Å². The first-order chi connectivity index (χ1) is 9.47. The second-order valence-corrected chi connectivity index (χ2v) is 4.84. The van der Waals surface area contributed by atoms with Crippen LogP contribution < -0.4 is 5.32 Å². The third-order valence-corrected chi connectivity index (χ3v) is 3.30. The van der Waals surface area contributed by atoms with Crippen LogP contribution in [0, 0.1) is 17.0 Å². The van der Waals surface area contributed by atoms with E-state index in [2.05, 4.69) is 15.3 Å². The molecular weight excluding hydrogens is 284 g/mol. The number of aromatic nitrogens is 2. The van der Waals surface area contributed by atoms with Crippen LogP contribution in [0.25, 0.3) is 0 Å². The van der Waals surface area contributed by atoms with Crippen LogP contribution in [0.1, 0.15) is 21.1 Å². The number of hydrogen-bond donors (Lipinski definition) is 2. The summed E-state index contributed by atoms with van der Waals surface area (Å²) in [7, 11) is 0. The van der Waals surface area contributed by atoms with Gasteiger partial charge in [0, 0.05) is 11.4 Å². The summed E-state index contributed by atoms with van der Waals surface area (Å²) in [6.07, 6.45) is 1.17. The summed E-state index contributed by atoms with van der Waals surface area (Å²) < 4.78 is 0. The van der Waals surface area contributed by atoms with Crippen molar-refractivity contribution in [2.45, 2.75) is 13.5 Å². The van der Waals surface area contributed by atoms with Gasteiger partial charge in [-0.1, -0.05) is 0 Å². The summed E-state index contributed by atoms with van der Waals surface area (Å²) in [6.45, 7) is 2.01. The Morgan fingerprint density at radius 1 is 1.60 bits per heavy atom. The first-order valence-corrected chi connectivity index (χ1v) is 6.38. The monoisotopic (exact) mass is 294 g/mol. The van der Waals surface area contributed by atoms with E-state index in [1.807, 2.05) is 0 Å². The van der Waals surface area contributed by atoms with Crippen LogP contribution in [0.15, 0.2) is 17.6 Å². The number of anilines is 1. The Hall–Kier alpha value is -2.55. The minimum Gasteiger partial charge on any atom is -0.476 e. The Morgan fingerprint density at radius 3 is 2.90 bits per heavy atom. The van der Waals surface area contributed by atoms with Crippen LogP contribution >= 0.6 is 11.3 Å². The molecule has 0 radical (unpaired) electrons. The van der Waals surface area contributed by atoms with Gasteiger partial charge in [-0.2, -0.15) is 0 Å². The molecule has 2 aromatic rings. The molecule has 0 bridgehead atoms. The largest absolute Gasteiger partial charge is 0.476 e. The number of carbonyl (C=O) groups is 1. The fourth-order valence-electron chi connectivity index (χ4n) is 1.49. The van der Waals surface area contributed by atoms with E-state index >= 15 is 0 Å². The number of thiazole rings is 1. The molecule has 20 heavy (non-hydrogen) atoms. The normalized spacial score (nSPS) is 10.2. The molecule has 2 rings (SSSR count). The molecule has 0 amide bonds. The molecule has 2 heterocycles. The van der Waals surface area contributed by atoms with E-state index in [-0.39, 0.29) is 11.4 Å². The molecule has 0 saturated heterocycles. The Bertz CT molecular complexity index is 670. The minimum absolute atomic E-state index is 0.000167. The number of rotatable bonds is 5. The quantitative estimate of drug-likeness (QED) is 0.640. The molecule has 0 atom stereocenters. The summed E-state index contributed by atoms with van der Waals surface area (Å²) >= 11 is 1.22. The van der Waals surface area contributed by atoms with Crippen LogP contribution in [0.5, 0.6) is 0 Å². The van der Waals surface area contributed by atoms with Gasteiger partial charge in [0.2, 0.25) is 0 Å². The summed E-state index contributed by atoms with van der Waals surface area (Å²) in [5.74, 6) is -0.570. The Labute approximate surface area is 117 Å². The van der Waals surface area contributed by atoms with Crippen LogP contribution in [-0.4, -0.2) is 26.0 Å². The van der Waals surface area contributed by atoms with Gasteiger partial charge in [0.25, 0.3) is 5.69 Å². The summed E-state index contributed by atoms with van der Waals surface area (Å²) in [5, 5.41) is 24.4. The lowest BCUT2D eigenvalue weighted by Gasteiger charge is -2.06. The van der Waals surface area contributed by atoms with Gasteiger partial charge in [0.15, 0.2) is 5.69 Å². The van der Waals surface area contributed by atoms with Gasteiger partial charge in [-0.15, -0.1) is 11.3 Å². The minimum atomic E-state index is -1.07. The number of hydrogen-bond acceptors (Lipinski definition) is 7. The third kappa shape index (κ3) is 3.06. The van der Waals surface area contributed by atoms with E-state index in [0.29, 0.717) is 22.9 Å². The second kappa shape index (κ2) is 5.61. The number of carboxylic acid groups (broad SMARTS) is 1. The molecule has 0 saturated carbocycles. The van der Waals surface area contributed by atoms with E-state index in [9.17, 15) is 14.9 Å². The summed E-state index contributed by atoms with van der Waals surface area (Å²) in [6, 6.07) is 1.42. The highest BCUT2D eigenvalue weighted by Gasteiger charge is 2.11. The molecular formula is C11H10N4O4S. The second-order valence-electron chi connectivity index (χ2n) is 3.90. The summed E-state index contributed by atoms with van der Waals surface area (Å²) in [4.78, 5) is 28.7. The van der Waals surface area contributed by atoms with E-state index in [0.717, 1.165) is 0 Å². The van der Waals surface area contributed by atoms with Gasteiger partial charge in [-0.05, 0) is 12.5 Å². The molecule has 0 aliphatic rings. The predicted octanol–water partition coefficient (Wildman–Crippen LogP) is 2.07. The lowest BCUT2D eigenvalue weighted by atomic mass is 10.2. The van der Waals surface area contributed by atoms with Crippen LogP contribution in [0.2, 0.25) is 0 Å². The zero-order valence-electron chi connectivity index (χ0n) is 10.4. The molecule has 0 unspecified atom stereocenters. The average molecular weight is 294 g/mol. The van der Waals surface area contributed by atoms with E-state index in [4.69, 9.17) is 5.11 Å². The lowest BCUT2D eigenvalue weighted by molar-refractivity contribution is -0.385. The molecule has 0 aliphatic heterocycles. The maximum atomic E-state index is 10.7. The fourth-order valence-corrected chi connectivity index (χ4v) is 2.20. The number of aryl methyl sites for hydroxylation is 1. The smallest absolute Gasteiger partial charge is 0.355 e. The molecule has 0 aliphatic carbocycles. The van der Waals surface area contributed by atoms with Crippen molar-refractivity contribution in [2.75, 3.05) is 5.32 Å². The van der Waals surface area contributed by atoms with Crippen molar-refractivity contribution < 1.29 is 14.8 Å². The fraction of sp³-hybridized carbons (Fsp3) is 0.182. The number of nitrogens with zero attached hydrogens (tertiary/aromatic N) is 3. The molecule has 0 fully saturated rings. The van der Waals surface area contributed by atoms with E-state index in [1.54, 1.807) is 6.92 Å². The molecule has 104 valence electrons. The first kappa shape index (κ1) is 13.9. The van der Waals surface area contributed by atoms with Crippen molar-refractivity contribution in [3.05, 3.63) is 44.0 Å². The molecule has 9 heteroatoms. The van der Waals surface area contributed by atoms with Crippen molar-refractivity contribution >= 4 is 28.8 Å². The number of aromatic carboxylic acids is 1. The van der Waals surface area contributed by atoms with E-state index in [1.165, 1.54) is 29.0 Å². The molecule has 0 spiro atoms. The SMILES string of the molecule is Cc1cc([N+](=O)[O-])cnc1NCc1nc(C(=O)O)cs1. The van der Waals surface area contributed by atoms with Gasteiger partial charge in [0.05, 0.1) is 11.5 Å². The van der Waals surface area contributed by atoms with Crippen LogP contribution in [0.4, 0.5) is 11.5 Å². The van der Waals surface area contributed by atoms with Gasteiger partial charge in [0.1, 0.15) is 17.0 Å². The first-order valence-electron chi connectivity index (χ1n) is 5.50. The number of pyridine rings is 1. The Morgan fingerprint density at radius 2 is 2.35 bits per heavy atom. The van der Waals surface area contributed by atoms with Gasteiger partial charge in [-0.25, -0.2) is 14.8 Å². The van der Waals surface area contributed by atoms with Gasteiger partial charge < -0.3 is 10.4 Å². The van der Waals surface area contributed by atoms with Crippen molar-refractivity contribution in [1.29, 1.82) is 0 Å². The van der Waals surface area contributed by atoms with Crippen molar-refractivity contribution in [2.24, 2.45) is 0 Å². The molecule has 2 N–H and O–H groups in total. The zero-order chi connectivity index (χ0) is 14.7. The molecule has 0 aromatic carbocycles. The number of nitrogens with one attached hydrogen (secondary N) is 1. The highest BCUT2D eigenvalue weighted by molar-refractivity contribution is 7.09. The third-order valence-electron chi connectivity index (χ3n) is 2.45. The molecule has 8 nitrogen and oxygen atoms in total. The highest BCUT2D eigenvalue weighted by Crippen LogP contribution is 2.19. The van der Waals surface area contributed by atoms with Crippen LogP contribution in [0.3, 0.4) is 0 Å². The van der Waals surface area contributed by atoms with Crippen molar-refractivity contribution in [3.8, 4) is 0 Å². The van der Waals surface area contributed by atoms with Crippen molar-refractivity contribution in [1.82, 2.24) is 9.97 Å². The van der Waals surface area contributed by atoms with Crippen LogP contribution in [-0.2, 0) is 6.54 Å². The van der Waals surface area contributed by atoms with Gasteiger partial charge in [-0.3, -0.25) is 10.1 Å². The Kier molecular flexibility index (Phi) is 3.89. The maximum Gasteiger partial charge on any atom is 0.355 e. The standard InChI is InChI=1S/C11H10N4O4S/c1-6-2-7(15(18)19)3-12-10(6)13-4-9-14-8(5-20-9)11(16)17/h2-3,5H,4H2,1H3,(H,12,13)(H,16,17). The molecule has 2 aromatic heterocycles.